The number of hydrogen-bond donors (Lipinski definition) is 3. The van der Waals surface area contributed by atoms with Gasteiger partial charge in [-0.1, -0.05) is 24.3 Å². The maximum absolute atomic E-state index is 14.3. The summed E-state index contributed by atoms with van der Waals surface area (Å²) >= 11 is 0. The number of amidine groups is 1. The van der Waals surface area contributed by atoms with Crippen LogP contribution in [0.4, 0.5) is 8.78 Å². The normalized spacial score (nSPS) is 14.4. The summed E-state index contributed by atoms with van der Waals surface area (Å²) in [7, 11) is 0. The number of nitrogen functional groups attached to an aromatic ring is 1. The van der Waals surface area contributed by atoms with Gasteiger partial charge in [-0.05, 0) is 24.6 Å². The second-order valence-electron chi connectivity index (χ2n) is 7.13. The minimum atomic E-state index is -2.97. The largest absolute Gasteiger partial charge is 0.405 e. The van der Waals surface area contributed by atoms with Gasteiger partial charge in [0, 0.05) is 19.0 Å². The number of fused-ring (bicyclic) bond motifs is 1. The summed E-state index contributed by atoms with van der Waals surface area (Å²) in [6.45, 7) is 1.79. The number of esters is 1. The lowest BCUT2D eigenvalue weighted by atomic mass is 10.1. The Labute approximate surface area is 192 Å². The van der Waals surface area contributed by atoms with Gasteiger partial charge in [-0.15, -0.1) is 0 Å². The minimum Gasteiger partial charge on any atom is -0.405 e. The van der Waals surface area contributed by atoms with Crippen molar-refractivity contribution in [1.29, 1.82) is 5.41 Å². The maximum atomic E-state index is 14.3. The van der Waals surface area contributed by atoms with E-state index in [-0.39, 0.29) is 23.9 Å². The molecule has 0 aliphatic carbocycles. The van der Waals surface area contributed by atoms with Crippen molar-refractivity contribution in [3.05, 3.63) is 70.3 Å². The number of nitrogens with two attached hydrogens (primary N) is 1. The molecule has 3 amide bonds. The van der Waals surface area contributed by atoms with Crippen molar-refractivity contribution >= 4 is 29.5 Å². The van der Waals surface area contributed by atoms with Gasteiger partial charge in [0.2, 0.25) is 0 Å². The molecule has 3 rings (SSSR count). The first kappa shape index (κ1) is 24.5. The number of halogens is 2. The highest BCUT2D eigenvalue weighted by Gasteiger charge is 2.59. The van der Waals surface area contributed by atoms with Crippen LogP contribution < -0.4 is 11.1 Å². The van der Waals surface area contributed by atoms with Crippen LogP contribution in [0, 0.1) is 17.0 Å². The Bertz CT molecular complexity index is 1160. The molecule has 1 atom stereocenters. The number of carbonyl (C=O) groups excluding carboxylic acids is 4. The van der Waals surface area contributed by atoms with Crippen LogP contribution in [-0.2, 0) is 25.6 Å². The summed E-state index contributed by atoms with van der Waals surface area (Å²) in [5, 5.41) is 9.80. The maximum Gasteiger partial charge on any atom is 0.390 e. The first-order valence-corrected chi connectivity index (χ1v) is 9.95. The van der Waals surface area contributed by atoms with E-state index in [9.17, 15) is 28.0 Å². The molecular weight excluding hydrogens is 454 g/mol. The van der Waals surface area contributed by atoms with E-state index in [1.807, 2.05) is 0 Å². The molecule has 0 aromatic heterocycles. The first-order chi connectivity index (χ1) is 16.0. The van der Waals surface area contributed by atoms with Gasteiger partial charge in [0.25, 0.3) is 11.8 Å². The van der Waals surface area contributed by atoms with E-state index < -0.39 is 52.4 Å². The number of amides is 3. The Kier molecular flexibility index (Phi) is 6.73. The zero-order valence-electron chi connectivity index (χ0n) is 18.1. The van der Waals surface area contributed by atoms with Crippen molar-refractivity contribution in [2.24, 2.45) is 5.73 Å². The zero-order valence-corrected chi connectivity index (χ0v) is 18.1. The average molecular weight is 474 g/mol. The standard InChI is InChI=1S/C22H20F2N4O6/c1-3-33-22(34-11(2)29,21(32)27-10-12-4-6-13(7-5-12)18(25)26)28-19(30)16-14(23)8-9-15(24)17(16)20(28)31/h4-9H,3,10H2,1-2H3,(H3,25,26)(H,27,32)/t22-/m0/s1. The van der Waals surface area contributed by atoms with Crippen LogP contribution in [-0.4, -0.2) is 46.9 Å². The molecule has 1 aliphatic heterocycles. The van der Waals surface area contributed by atoms with Crippen LogP contribution in [0.5, 0.6) is 0 Å². The van der Waals surface area contributed by atoms with Crippen molar-refractivity contribution in [3.8, 4) is 0 Å². The van der Waals surface area contributed by atoms with E-state index in [0.717, 1.165) is 6.92 Å². The first-order valence-electron chi connectivity index (χ1n) is 9.95. The summed E-state index contributed by atoms with van der Waals surface area (Å²) in [5.41, 5.74) is 4.54. The molecule has 1 heterocycles. The van der Waals surface area contributed by atoms with Crippen LogP contribution in [0.2, 0.25) is 0 Å². The molecule has 0 saturated carbocycles. The third kappa shape index (κ3) is 4.22. The highest BCUT2D eigenvalue weighted by atomic mass is 19.1. The highest BCUT2D eigenvalue weighted by molar-refractivity contribution is 6.23. The van der Waals surface area contributed by atoms with Gasteiger partial charge >= 0.3 is 17.8 Å². The van der Waals surface area contributed by atoms with Gasteiger partial charge in [-0.3, -0.25) is 24.6 Å². The Balaban J connectivity index is 2.00. The molecule has 10 nitrogen and oxygen atoms in total. The third-order valence-corrected chi connectivity index (χ3v) is 4.86. The number of hydrogen-bond acceptors (Lipinski definition) is 7. The van der Waals surface area contributed by atoms with Gasteiger partial charge in [0.1, 0.15) is 17.5 Å². The molecular formula is C22H20F2N4O6. The zero-order chi connectivity index (χ0) is 25.2. The number of ether oxygens (including phenoxy) is 2. The van der Waals surface area contributed by atoms with Crippen LogP contribution in [0.15, 0.2) is 36.4 Å². The SMILES string of the molecule is CCO[C@](OC(C)=O)(C(=O)NCc1ccc(C(=N)N)cc1)N1C(=O)c2c(F)ccc(F)c2C1=O. The Morgan fingerprint density at radius 1 is 1.06 bits per heavy atom. The molecule has 2 aromatic carbocycles. The molecule has 0 radical (unpaired) electrons. The topological polar surface area (TPSA) is 152 Å². The summed E-state index contributed by atoms with van der Waals surface area (Å²) in [4.78, 5) is 51.2. The molecule has 34 heavy (non-hydrogen) atoms. The van der Waals surface area contributed by atoms with Gasteiger partial charge in [0.15, 0.2) is 0 Å². The predicted molar refractivity (Wildman–Crippen MR) is 112 cm³/mol. The molecule has 0 saturated heterocycles. The van der Waals surface area contributed by atoms with Crippen molar-refractivity contribution in [3.63, 3.8) is 0 Å². The Morgan fingerprint density at radius 2 is 1.59 bits per heavy atom. The third-order valence-electron chi connectivity index (χ3n) is 4.86. The molecule has 0 spiro atoms. The number of rotatable bonds is 8. The second kappa shape index (κ2) is 9.35. The lowest BCUT2D eigenvalue weighted by Crippen LogP contribution is -2.64. The van der Waals surface area contributed by atoms with Crippen LogP contribution in [0.1, 0.15) is 45.7 Å². The lowest BCUT2D eigenvalue weighted by Gasteiger charge is -2.36. The highest BCUT2D eigenvalue weighted by Crippen LogP contribution is 2.34. The lowest BCUT2D eigenvalue weighted by molar-refractivity contribution is -0.260. The van der Waals surface area contributed by atoms with Crippen LogP contribution in [0.3, 0.4) is 0 Å². The van der Waals surface area contributed by atoms with E-state index in [2.05, 4.69) is 5.32 Å². The number of benzene rings is 2. The molecule has 0 fully saturated rings. The molecule has 0 unspecified atom stereocenters. The van der Waals surface area contributed by atoms with E-state index in [1.165, 1.54) is 19.1 Å². The van der Waals surface area contributed by atoms with Crippen LogP contribution in [0.25, 0.3) is 0 Å². The fraction of sp³-hybridized carbons (Fsp3) is 0.227. The van der Waals surface area contributed by atoms with E-state index in [1.54, 1.807) is 12.1 Å². The van der Waals surface area contributed by atoms with Gasteiger partial charge in [0.05, 0.1) is 17.7 Å². The Morgan fingerprint density at radius 3 is 2.03 bits per heavy atom. The minimum absolute atomic E-state index is 0.0862. The molecule has 0 bridgehead atoms. The summed E-state index contributed by atoms with van der Waals surface area (Å²) < 4.78 is 39.0. The second-order valence-corrected chi connectivity index (χ2v) is 7.13. The average Bonchev–Trinajstić information content (AvgIpc) is 3.05. The van der Waals surface area contributed by atoms with E-state index >= 15 is 0 Å². The quantitative estimate of drug-likeness (QED) is 0.172. The molecule has 1 aliphatic rings. The smallest absolute Gasteiger partial charge is 0.390 e. The number of imide groups is 1. The number of carbonyl (C=O) groups is 4. The molecule has 2 aromatic rings. The van der Waals surface area contributed by atoms with Gasteiger partial charge in [-0.2, -0.15) is 0 Å². The fourth-order valence-electron chi connectivity index (χ4n) is 3.39. The molecule has 12 heteroatoms. The fourth-order valence-corrected chi connectivity index (χ4v) is 3.39. The van der Waals surface area contributed by atoms with Gasteiger partial charge < -0.3 is 20.5 Å². The van der Waals surface area contributed by atoms with Gasteiger partial charge in [-0.25, -0.2) is 13.7 Å². The molecule has 178 valence electrons. The summed E-state index contributed by atoms with van der Waals surface area (Å²) in [6.07, 6.45) is 0. The molecule has 4 N–H and O–H groups in total. The number of nitrogens with zero attached hydrogens (tertiary/aromatic N) is 1. The summed E-state index contributed by atoms with van der Waals surface area (Å²) in [5.74, 6) is -10.7. The number of nitrogens with one attached hydrogen (secondary N) is 2. The predicted octanol–water partition coefficient (Wildman–Crippen LogP) is 1.41. The van der Waals surface area contributed by atoms with Crippen molar-refractivity contribution in [2.45, 2.75) is 26.3 Å². The van der Waals surface area contributed by atoms with Crippen LogP contribution >= 0.6 is 0 Å². The van der Waals surface area contributed by atoms with E-state index in [4.69, 9.17) is 20.6 Å². The van der Waals surface area contributed by atoms with Crippen molar-refractivity contribution in [1.82, 2.24) is 10.2 Å². The van der Waals surface area contributed by atoms with Crippen molar-refractivity contribution in [2.75, 3.05) is 6.61 Å². The monoisotopic (exact) mass is 474 g/mol. The summed E-state index contributed by atoms with van der Waals surface area (Å²) in [6, 6.07) is 7.47. The van der Waals surface area contributed by atoms with E-state index in [0.29, 0.717) is 23.3 Å². The Hall–Kier alpha value is -4.19. The van der Waals surface area contributed by atoms with Crippen molar-refractivity contribution < 1.29 is 37.4 Å².